The van der Waals surface area contributed by atoms with E-state index in [0.29, 0.717) is 6.54 Å². The first-order valence-corrected chi connectivity index (χ1v) is 11.0. The summed E-state index contributed by atoms with van der Waals surface area (Å²) < 4.78 is 23.8. The highest BCUT2D eigenvalue weighted by Gasteiger charge is 2.32. The number of hydrogen-bond donors (Lipinski definition) is 1. The lowest BCUT2D eigenvalue weighted by molar-refractivity contribution is -0.131. The maximum atomic E-state index is 12.9. The first-order valence-electron chi connectivity index (χ1n) is 8.68. The van der Waals surface area contributed by atoms with Crippen LogP contribution < -0.4 is 5.14 Å². The molecule has 2 N–H and O–H groups in total. The number of nitrogens with zero attached hydrogens (tertiary/aromatic N) is 2. The highest BCUT2D eigenvalue weighted by molar-refractivity contribution is 7.89. The molecule has 1 saturated heterocycles. The summed E-state index contributed by atoms with van der Waals surface area (Å²) in [7, 11) is -3.72. The van der Waals surface area contributed by atoms with Crippen LogP contribution in [0.25, 0.3) is 10.2 Å². The van der Waals surface area contributed by atoms with E-state index in [2.05, 4.69) is 0 Å². The second-order valence-corrected chi connectivity index (χ2v) is 9.25. The Kier molecular flexibility index (Phi) is 4.71. The quantitative estimate of drug-likeness (QED) is 0.727. The fourth-order valence-corrected chi connectivity index (χ4v) is 5.06. The molecule has 2 heterocycles. The van der Waals surface area contributed by atoms with Crippen LogP contribution >= 0.6 is 11.3 Å². The standard InChI is InChI=1S/C19H19N3O3S2/c20-27(24,25)14-9-7-13(8-10-14)12-18(23)22-11-3-5-16(22)19-21-15-4-1-2-6-17(15)26-19/h1-2,4,6-10,16H,3,5,11-12H2,(H2,20,24,25). The van der Waals surface area contributed by atoms with E-state index in [1.54, 1.807) is 23.5 Å². The Morgan fingerprint density at radius 2 is 1.93 bits per heavy atom. The zero-order valence-electron chi connectivity index (χ0n) is 14.5. The number of likely N-dealkylation sites (tertiary alicyclic amines) is 1. The molecule has 6 nitrogen and oxygen atoms in total. The second kappa shape index (κ2) is 7.03. The number of hydrogen-bond acceptors (Lipinski definition) is 5. The Bertz CT molecular complexity index is 1060. The van der Waals surface area contributed by atoms with Crippen molar-refractivity contribution in [2.45, 2.75) is 30.2 Å². The van der Waals surface area contributed by atoms with Crippen molar-refractivity contribution in [2.24, 2.45) is 5.14 Å². The van der Waals surface area contributed by atoms with Gasteiger partial charge in [-0.15, -0.1) is 11.3 Å². The first kappa shape index (κ1) is 18.1. The summed E-state index contributed by atoms with van der Waals surface area (Å²) in [5.74, 6) is 0.0279. The fraction of sp³-hybridized carbons (Fsp3) is 0.263. The van der Waals surface area contributed by atoms with Crippen LogP contribution in [0, 0.1) is 0 Å². The maximum Gasteiger partial charge on any atom is 0.238 e. The molecule has 1 aliphatic heterocycles. The van der Waals surface area contributed by atoms with Gasteiger partial charge >= 0.3 is 0 Å². The minimum Gasteiger partial charge on any atom is -0.333 e. The molecule has 1 fully saturated rings. The first-order chi connectivity index (χ1) is 12.9. The molecule has 8 heteroatoms. The maximum absolute atomic E-state index is 12.9. The number of nitrogens with two attached hydrogens (primary N) is 1. The zero-order valence-corrected chi connectivity index (χ0v) is 16.2. The summed E-state index contributed by atoms with van der Waals surface area (Å²) in [6.07, 6.45) is 2.10. The van der Waals surface area contributed by atoms with Gasteiger partial charge in [-0.25, -0.2) is 18.5 Å². The van der Waals surface area contributed by atoms with Crippen LogP contribution in [0.2, 0.25) is 0 Å². The summed E-state index contributed by atoms with van der Waals surface area (Å²) in [5.41, 5.74) is 1.73. The number of fused-ring (bicyclic) bond motifs is 1. The molecular formula is C19H19N3O3S2. The predicted molar refractivity (Wildman–Crippen MR) is 105 cm³/mol. The van der Waals surface area contributed by atoms with E-state index >= 15 is 0 Å². The molecule has 0 radical (unpaired) electrons. The number of sulfonamides is 1. The van der Waals surface area contributed by atoms with Crippen molar-refractivity contribution >= 4 is 37.5 Å². The summed E-state index contributed by atoms with van der Waals surface area (Å²) in [4.78, 5) is 19.5. The summed E-state index contributed by atoms with van der Waals surface area (Å²) in [6, 6.07) is 14.2. The second-order valence-electron chi connectivity index (χ2n) is 6.63. The van der Waals surface area contributed by atoms with Crippen LogP contribution in [0.5, 0.6) is 0 Å². The van der Waals surface area contributed by atoms with Gasteiger partial charge < -0.3 is 4.90 Å². The number of amides is 1. The lowest BCUT2D eigenvalue weighted by Gasteiger charge is -2.23. The van der Waals surface area contributed by atoms with Gasteiger partial charge in [-0.05, 0) is 42.7 Å². The highest BCUT2D eigenvalue weighted by atomic mass is 32.2. The molecule has 1 atom stereocenters. The Morgan fingerprint density at radius 3 is 2.63 bits per heavy atom. The molecule has 2 aromatic carbocycles. The van der Waals surface area contributed by atoms with Crippen LogP contribution in [0.4, 0.5) is 0 Å². The van der Waals surface area contributed by atoms with Crippen molar-refractivity contribution < 1.29 is 13.2 Å². The average Bonchev–Trinajstić information content (AvgIpc) is 3.28. The van der Waals surface area contributed by atoms with Crippen molar-refractivity contribution in [3.05, 3.63) is 59.1 Å². The van der Waals surface area contributed by atoms with Crippen molar-refractivity contribution in [1.29, 1.82) is 0 Å². The van der Waals surface area contributed by atoms with Crippen molar-refractivity contribution in [3.63, 3.8) is 0 Å². The molecule has 0 bridgehead atoms. The van der Waals surface area contributed by atoms with Gasteiger partial charge in [0.05, 0.1) is 27.6 Å². The smallest absolute Gasteiger partial charge is 0.238 e. The van der Waals surface area contributed by atoms with Crippen LogP contribution in [0.1, 0.15) is 29.5 Å². The number of aromatic nitrogens is 1. The zero-order chi connectivity index (χ0) is 19.0. The van der Waals surface area contributed by atoms with E-state index < -0.39 is 10.0 Å². The lowest BCUT2D eigenvalue weighted by atomic mass is 10.1. The molecule has 0 spiro atoms. The minimum atomic E-state index is -3.72. The summed E-state index contributed by atoms with van der Waals surface area (Å²) in [6.45, 7) is 0.717. The van der Waals surface area contributed by atoms with E-state index in [1.807, 2.05) is 29.2 Å². The van der Waals surface area contributed by atoms with E-state index in [9.17, 15) is 13.2 Å². The third kappa shape index (κ3) is 3.73. The summed E-state index contributed by atoms with van der Waals surface area (Å²) >= 11 is 1.64. The van der Waals surface area contributed by atoms with Gasteiger partial charge in [0.25, 0.3) is 0 Å². The summed E-state index contributed by atoms with van der Waals surface area (Å²) in [5, 5.41) is 6.09. The molecule has 140 valence electrons. The van der Waals surface area contributed by atoms with Gasteiger partial charge in [0.15, 0.2) is 0 Å². The average molecular weight is 402 g/mol. The third-order valence-electron chi connectivity index (χ3n) is 4.78. The van der Waals surface area contributed by atoms with E-state index in [1.165, 1.54) is 12.1 Å². The third-order valence-corrected chi connectivity index (χ3v) is 6.84. The van der Waals surface area contributed by atoms with Crippen LogP contribution in [-0.2, 0) is 21.2 Å². The molecule has 1 aromatic heterocycles. The van der Waals surface area contributed by atoms with Crippen LogP contribution in [-0.4, -0.2) is 30.8 Å². The molecule has 27 heavy (non-hydrogen) atoms. The molecule has 0 saturated carbocycles. The minimum absolute atomic E-state index is 0.0126. The van der Waals surface area contributed by atoms with Gasteiger partial charge in [0, 0.05) is 6.54 Å². The van der Waals surface area contributed by atoms with E-state index in [-0.39, 0.29) is 23.3 Å². The van der Waals surface area contributed by atoms with E-state index in [4.69, 9.17) is 10.1 Å². The Labute approximate surface area is 161 Å². The predicted octanol–water partition coefficient (Wildman–Crippen LogP) is 2.85. The largest absolute Gasteiger partial charge is 0.333 e. The van der Waals surface area contributed by atoms with Gasteiger partial charge in [0.1, 0.15) is 5.01 Å². The fourth-order valence-electron chi connectivity index (χ4n) is 3.43. The normalized spacial score (nSPS) is 17.5. The number of rotatable bonds is 4. The Balaban J connectivity index is 1.52. The topological polar surface area (TPSA) is 93.4 Å². The Hall–Kier alpha value is -2.29. The SMILES string of the molecule is NS(=O)(=O)c1ccc(CC(=O)N2CCCC2c2nc3ccccc3s2)cc1. The number of para-hydroxylation sites is 1. The Morgan fingerprint density at radius 1 is 1.19 bits per heavy atom. The van der Waals surface area contributed by atoms with Crippen molar-refractivity contribution in [2.75, 3.05) is 6.54 Å². The van der Waals surface area contributed by atoms with E-state index in [0.717, 1.165) is 33.6 Å². The molecule has 1 amide bonds. The number of primary sulfonamides is 1. The molecule has 4 rings (SSSR count). The molecular weight excluding hydrogens is 382 g/mol. The number of carbonyl (C=O) groups excluding carboxylic acids is 1. The lowest BCUT2D eigenvalue weighted by Crippen LogP contribution is -2.31. The molecule has 1 unspecified atom stereocenters. The van der Waals surface area contributed by atoms with Gasteiger partial charge in [-0.2, -0.15) is 0 Å². The van der Waals surface area contributed by atoms with Crippen molar-refractivity contribution in [1.82, 2.24) is 9.88 Å². The number of benzene rings is 2. The number of carbonyl (C=O) groups is 1. The number of thiazole rings is 1. The highest BCUT2D eigenvalue weighted by Crippen LogP contribution is 2.36. The van der Waals surface area contributed by atoms with Gasteiger partial charge in [-0.3, -0.25) is 4.79 Å². The monoisotopic (exact) mass is 401 g/mol. The van der Waals surface area contributed by atoms with Gasteiger partial charge in [-0.1, -0.05) is 24.3 Å². The van der Waals surface area contributed by atoms with Crippen molar-refractivity contribution in [3.8, 4) is 0 Å². The van der Waals surface area contributed by atoms with Crippen LogP contribution in [0.15, 0.2) is 53.4 Å². The molecule has 3 aromatic rings. The molecule has 1 aliphatic rings. The van der Waals surface area contributed by atoms with Gasteiger partial charge in [0.2, 0.25) is 15.9 Å². The van der Waals surface area contributed by atoms with Crippen LogP contribution in [0.3, 0.4) is 0 Å². The molecule has 0 aliphatic carbocycles.